The average molecular weight is 253 g/mol. The van der Waals surface area contributed by atoms with E-state index in [1.54, 1.807) is 0 Å². The van der Waals surface area contributed by atoms with Crippen LogP contribution in [0.1, 0.15) is 37.0 Å². The van der Waals surface area contributed by atoms with Crippen LogP contribution in [-0.2, 0) is 0 Å². The smallest absolute Gasteiger partial charge is 0.179 e. The number of hydrogen-bond donors (Lipinski definition) is 0. The highest BCUT2D eigenvalue weighted by Gasteiger charge is 2.34. The summed E-state index contributed by atoms with van der Waals surface area (Å²) in [6.45, 7) is 4.63. The molecule has 2 rings (SSSR count). The molecular formula is C14H17F2NO. The fraction of sp³-hybridized carbons (Fsp3) is 0.500. The van der Waals surface area contributed by atoms with E-state index >= 15 is 0 Å². The second kappa shape index (κ2) is 5.14. The van der Waals surface area contributed by atoms with Crippen molar-refractivity contribution in [3.05, 3.63) is 35.4 Å². The van der Waals surface area contributed by atoms with Crippen LogP contribution in [0.15, 0.2) is 18.2 Å². The number of hydrogen-bond acceptors (Lipinski definition) is 2. The SMILES string of the molecule is CCN(C1CC1)C(C)C(=O)c1ccc(F)c(F)c1. The van der Waals surface area contributed by atoms with Crippen molar-refractivity contribution in [1.29, 1.82) is 0 Å². The van der Waals surface area contributed by atoms with Crippen molar-refractivity contribution < 1.29 is 13.6 Å². The van der Waals surface area contributed by atoms with Crippen LogP contribution < -0.4 is 0 Å². The van der Waals surface area contributed by atoms with Crippen LogP contribution in [-0.4, -0.2) is 29.3 Å². The number of halogens is 2. The van der Waals surface area contributed by atoms with E-state index in [9.17, 15) is 13.6 Å². The van der Waals surface area contributed by atoms with Crippen molar-refractivity contribution in [2.45, 2.75) is 38.8 Å². The van der Waals surface area contributed by atoms with E-state index in [0.717, 1.165) is 31.5 Å². The molecule has 0 aliphatic heterocycles. The van der Waals surface area contributed by atoms with Gasteiger partial charge in [-0.1, -0.05) is 6.92 Å². The van der Waals surface area contributed by atoms with Crippen molar-refractivity contribution >= 4 is 5.78 Å². The number of benzene rings is 1. The maximum atomic E-state index is 13.1. The number of likely N-dealkylation sites (N-methyl/N-ethyl adjacent to an activating group) is 1. The predicted molar refractivity (Wildman–Crippen MR) is 65.6 cm³/mol. The van der Waals surface area contributed by atoms with Gasteiger partial charge in [0.2, 0.25) is 0 Å². The lowest BCUT2D eigenvalue weighted by molar-refractivity contribution is 0.0833. The van der Waals surface area contributed by atoms with Crippen LogP contribution in [0.4, 0.5) is 8.78 Å². The average Bonchev–Trinajstić information content (AvgIpc) is 3.17. The third-order valence-corrected chi connectivity index (χ3v) is 3.46. The van der Waals surface area contributed by atoms with Crippen molar-refractivity contribution in [1.82, 2.24) is 4.90 Å². The Bertz CT molecular complexity index is 457. The highest BCUT2D eigenvalue weighted by molar-refractivity contribution is 5.99. The van der Waals surface area contributed by atoms with Gasteiger partial charge in [0.1, 0.15) is 0 Å². The summed E-state index contributed by atoms with van der Waals surface area (Å²) in [5.74, 6) is -2.04. The van der Waals surface area contributed by atoms with Gasteiger partial charge in [0.05, 0.1) is 6.04 Å². The molecule has 0 aromatic heterocycles. The van der Waals surface area contributed by atoms with Gasteiger partial charge in [-0.25, -0.2) is 8.78 Å². The first kappa shape index (κ1) is 13.1. The quantitative estimate of drug-likeness (QED) is 0.752. The zero-order valence-electron chi connectivity index (χ0n) is 10.6. The number of Topliss-reactive ketones (excluding diaryl/α,β-unsaturated/α-hetero) is 1. The van der Waals surface area contributed by atoms with Crippen molar-refractivity contribution in [3.8, 4) is 0 Å². The molecule has 2 nitrogen and oxygen atoms in total. The molecule has 0 saturated heterocycles. The van der Waals surface area contributed by atoms with Gasteiger partial charge in [-0.05, 0) is 44.5 Å². The van der Waals surface area contributed by atoms with E-state index in [1.807, 2.05) is 13.8 Å². The summed E-state index contributed by atoms with van der Waals surface area (Å²) in [4.78, 5) is 14.3. The van der Waals surface area contributed by atoms with E-state index in [2.05, 4.69) is 4.90 Å². The van der Waals surface area contributed by atoms with E-state index in [-0.39, 0.29) is 17.4 Å². The Hall–Kier alpha value is -1.29. The van der Waals surface area contributed by atoms with Crippen LogP contribution in [0.3, 0.4) is 0 Å². The summed E-state index contributed by atoms with van der Waals surface area (Å²) in [6, 6.07) is 3.52. The first-order valence-electron chi connectivity index (χ1n) is 6.29. The van der Waals surface area contributed by atoms with Crippen LogP contribution >= 0.6 is 0 Å². The molecule has 1 aromatic carbocycles. The molecule has 1 atom stereocenters. The number of ketones is 1. The van der Waals surface area contributed by atoms with E-state index in [1.165, 1.54) is 6.07 Å². The molecule has 0 bridgehead atoms. The Balaban J connectivity index is 2.16. The molecule has 1 unspecified atom stereocenters. The molecule has 0 N–H and O–H groups in total. The number of carbonyl (C=O) groups excluding carboxylic acids is 1. The molecule has 1 aromatic rings. The van der Waals surface area contributed by atoms with Gasteiger partial charge < -0.3 is 0 Å². The van der Waals surface area contributed by atoms with Gasteiger partial charge in [0.25, 0.3) is 0 Å². The van der Waals surface area contributed by atoms with Gasteiger partial charge in [-0.2, -0.15) is 0 Å². The standard InChI is InChI=1S/C14H17F2NO/c1-3-17(11-5-6-11)9(2)14(18)10-4-7-12(15)13(16)8-10/h4,7-9,11H,3,5-6H2,1-2H3. The van der Waals surface area contributed by atoms with Crippen LogP contribution in [0.25, 0.3) is 0 Å². The molecule has 1 saturated carbocycles. The maximum Gasteiger partial charge on any atom is 0.179 e. The summed E-state index contributed by atoms with van der Waals surface area (Å²) in [5.41, 5.74) is 0.237. The minimum atomic E-state index is -0.970. The zero-order valence-corrected chi connectivity index (χ0v) is 10.6. The van der Waals surface area contributed by atoms with Gasteiger partial charge in [-0.3, -0.25) is 9.69 Å². The third-order valence-electron chi connectivity index (χ3n) is 3.46. The van der Waals surface area contributed by atoms with E-state index < -0.39 is 11.6 Å². The Morgan fingerprint density at radius 1 is 1.39 bits per heavy atom. The first-order chi connectivity index (χ1) is 8.54. The molecule has 4 heteroatoms. The predicted octanol–water partition coefficient (Wildman–Crippen LogP) is 3.02. The molecule has 0 spiro atoms. The monoisotopic (exact) mass is 253 g/mol. The summed E-state index contributed by atoms with van der Waals surface area (Å²) in [5, 5.41) is 0. The minimum absolute atomic E-state index is 0.150. The fourth-order valence-electron chi connectivity index (χ4n) is 2.30. The minimum Gasteiger partial charge on any atom is -0.292 e. The number of nitrogens with zero attached hydrogens (tertiary/aromatic N) is 1. The third kappa shape index (κ3) is 2.58. The number of carbonyl (C=O) groups is 1. The normalized spacial score (nSPS) is 16.9. The molecule has 1 fully saturated rings. The molecule has 0 amide bonds. The molecule has 98 valence electrons. The van der Waals surface area contributed by atoms with Crippen molar-refractivity contribution in [2.75, 3.05) is 6.54 Å². The molecular weight excluding hydrogens is 236 g/mol. The lowest BCUT2D eigenvalue weighted by Gasteiger charge is -2.26. The summed E-state index contributed by atoms with van der Waals surface area (Å²) < 4.78 is 25.9. The molecule has 18 heavy (non-hydrogen) atoms. The maximum absolute atomic E-state index is 13.1. The number of rotatable bonds is 5. The zero-order chi connectivity index (χ0) is 13.3. The fourth-order valence-corrected chi connectivity index (χ4v) is 2.30. The largest absolute Gasteiger partial charge is 0.292 e. The lowest BCUT2D eigenvalue weighted by Crippen LogP contribution is -2.40. The second-order valence-electron chi connectivity index (χ2n) is 4.73. The molecule has 0 heterocycles. The lowest BCUT2D eigenvalue weighted by atomic mass is 10.0. The van der Waals surface area contributed by atoms with E-state index in [0.29, 0.717) is 6.04 Å². The molecule has 1 aliphatic rings. The topological polar surface area (TPSA) is 20.3 Å². The first-order valence-corrected chi connectivity index (χ1v) is 6.29. The van der Waals surface area contributed by atoms with Crippen molar-refractivity contribution in [3.63, 3.8) is 0 Å². The van der Waals surface area contributed by atoms with Gasteiger partial charge >= 0.3 is 0 Å². The summed E-state index contributed by atoms with van der Waals surface area (Å²) >= 11 is 0. The second-order valence-corrected chi connectivity index (χ2v) is 4.73. The van der Waals surface area contributed by atoms with Crippen LogP contribution in [0.5, 0.6) is 0 Å². The highest BCUT2D eigenvalue weighted by Crippen LogP contribution is 2.29. The molecule has 1 aliphatic carbocycles. The van der Waals surface area contributed by atoms with Gasteiger partial charge in [-0.15, -0.1) is 0 Å². The Morgan fingerprint density at radius 2 is 2.06 bits per heavy atom. The van der Waals surface area contributed by atoms with Gasteiger partial charge in [0.15, 0.2) is 17.4 Å². The van der Waals surface area contributed by atoms with E-state index in [4.69, 9.17) is 0 Å². The Labute approximate surface area is 106 Å². The van der Waals surface area contributed by atoms with Crippen molar-refractivity contribution in [2.24, 2.45) is 0 Å². The highest BCUT2D eigenvalue weighted by atomic mass is 19.2. The van der Waals surface area contributed by atoms with Gasteiger partial charge in [0, 0.05) is 11.6 Å². The molecule has 0 radical (unpaired) electrons. The Morgan fingerprint density at radius 3 is 2.56 bits per heavy atom. The van der Waals surface area contributed by atoms with Crippen LogP contribution in [0, 0.1) is 11.6 Å². The summed E-state index contributed by atoms with van der Waals surface area (Å²) in [7, 11) is 0. The Kier molecular flexibility index (Phi) is 3.76. The summed E-state index contributed by atoms with van der Waals surface area (Å²) in [6.07, 6.45) is 2.23. The van der Waals surface area contributed by atoms with Crippen LogP contribution in [0.2, 0.25) is 0 Å².